The highest BCUT2D eigenvalue weighted by Gasteiger charge is 2.32. The molecule has 0 aliphatic carbocycles. The van der Waals surface area contributed by atoms with Gasteiger partial charge in [-0.1, -0.05) is 18.2 Å². The predicted molar refractivity (Wildman–Crippen MR) is 68.3 cm³/mol. The molecular weight excluding hydrogens is 228 g/mol. The lowest BCUT2D eigenvalue weighted by Gasteiger charge is -2.35. The van der Waals surface area contributed by atoms with Crippen molar-refractivity contribution in [1.82, 2.24) is 10.6 Å². The summed E-state index contributed by atoms with van der Waals surface area (Å²) in [5.74, 6) is -0.375. The molecule has 1 heterocycles. The third-order valence-electron chi connectivity index (χ3n) is 3.05. The fourth-order valence-electron chi connectivity index (χ4n) is 2.04. The van der Waals surface area contributed by atoms with Gasteiger partial charge >= 0.3 is 0 Å². The molecule has 3 N–H and O–H groups in total. The number of nitriles is 1. The van der Waals surface area contributed by atoms with Crippen molar-refractivity contribution in [2.24, 2.45) is 5.92 Å². The molecule has 1 saturated heterocycles. The zero-order valence-electron chi connectivity index (χ0n) is 10.2. The minimum absolute atomic E-state index is 0.0281. The Bertz CT molecular complexity index is 454. The topological polar surface area (TPSA) is 76.9 Å². The number of hydrogen-bond acceptors (Lipinski definition) is 4. The van der Waals surface area contributed by atoms with Gasteiger partial charge in [-0.3, -0.25) is 10.1 Å². The minimum Gasteiger partial charge on any atom is -0.353 e. The lowest BCUT2D eigenvalue weighted by atomic mass is 9.95. The van der Waals surface area contributed by atoms with Crippen LogP contribution in [-0.4, -0.2) is 18.2 Å². The van der Waals surface area contributed by atoms with Crippen LogP contribution in [0.4, 0.5) is 5.69 Å². The molecular formula is C13H16N4O. The molecule has 1 fully saturated rings. The van der Waals surface area contributed by atoms with Crippen molar-refractivity contribution in [2.75, 3.05) is 5.32 Å². The number of carbonyl (C=O) groups is 1. The van der Waals surface area contributed by atoms with Crippen LogP contribution in [0.25, 0.3) is 0 Å². The molecule has 2 rings (SSSR count). The Kier molecular flexibility index (Phi) is 3.80. The number of anilines is 1. The first-order chi connectivity index (χ1) is 8.70. The van der Waals surface area contributed by atoms with Crippen LogP contribution in [0.5, 0.6) is 0 Å². The van der Waals surface area contributed by atoms with E-state index in [0.29, 0.717) is 0 Å². The van der Waals surface area contributed by atoms with Gasteiger partial charge in [0, 0.05) is 18.2 Å². The van der Waals surface area contributed by atoms with Gasteiger partial charge in [-0.2, -0.15) is 5.26 Å². The minimum atomic E-state index is -0.301. The van der Waals surface area contributed by atoms with E-state index >= 15 is 0 Å². The van der Waals surface area contributed by atoms with E-state index in [1.54, 1.807) is 0 Å². The standard InChI is InChI=1S/C13H16N4O/c1-9-11(7-8-14)12(18)17-13(15-9)16-10-5-3-2-4-6-10/h2-6,9,11,13,15-16H,7H2,1H3,(H,17,18). The molecule has 1 aromatic carbocycles. The highest BCUT2D eigenvalue weighted by atomic mass is 16.2. The summed E-state index contributed by atoms with van der Waals surface area (Å²) in [5.41, 5.74) is 0.932. The van der Waals surface area contributed by atoms with E-state index in [2.05, 4.69) is 16.0 Å². The molecule has 0 radical (unpaired) electrons. The quantitative estimate of drug-likeness (QED) is 0.742. The fraction of sp³-hybridized carbons (Fsp3) is 0.385. The van der Waals surface area contributed by atoms with Crippen LogP contribution < -0.4 is 16.0 Å². The summed E-state index contributed by atoms with van der Waals surface area (Å²) >= 11 is 0. The maximum absolute atomic E-state index is 11.9. The van der Waals surface area contributed by atoms with Gasteiger partial charge in [-0.15, -0.1) is 0 Å². The summed E-state index contributed by atoms with van der Waals surface area (Å²) in [5, 5.41) is 17.9. The molecule has 1 aliphatic rings. The van der Waals surface area contributed by atoms with Crippen LogP contribution in [0.2, 0.25) is 0 Å². The number of para-hydroxylation sites is 1. The molecule has 18 heavy (non-hydrogen) atoms. The molecule has 1 aliphatic heterocycles. The average Bonchev–Trinajstić information content (AvgIpc) is 2.35. The van der Waals surface area contributed by atoms with Gasteiger partial charge in [0.25, 0.3) is 0 Å². The third kappa shape index (κ3) is 2.79. The Hall–Kier alpha value is -2.06. The zero-order valence-corrected chi connectivity index (χ0v) is 10.2. The van der Waals surface area contributed by atoms with E-state index < -0.39 is 0 Å². The van der Waals surface area contributed by atoms with Crippen molar-refractivity contribution >= 4 is 11.6 Å². The summed E-state index contributed by atoms with van der Waals surface area (Å²) in [4.78, 5) is 11.9. The van der Waals surface area contributed by atoms with Crippen molar-refractivity contribution in [3.8, 4) is 6.07 Å². The highest BCUT2D eigenvalue weighted by Crippen LogP contribution is 2.15. The summed E-state index contributed by atoms with van der Waals surface area (Å²) in [6, 6.07) is 11.7. The van der Waals surface area contributed by atoms with Gasteiger partial charge in [-0.25, -0.2) is 0 Å². The van der Waals surface area contributed by atoms with Crippen LogP contribution in [0, 0.1) is 17.2 Å². The molecule has 1 aromatic rings. The van der Waals surface area contributed by atoms with E-state index in [-0.39, 0.29) is 30.6 Å². The van der Waals surface area contributed by atoms with Crippen LogP contribution in [-0.2, 0) is 4.79 Å². The van der Waals surface area contributed by atoms with Gasteiger partial charge in [0.2, 0.25) is 5.91 Å². The first-order valence-electron chi connectivity index (χ1n) is 5.95. The number of nitrogens with one attached hydrogen (secondary N) is 3. The van der Waals surface area contributed by atoms with Gasteiger partial charge in [-0.05, 0) is 19.1 Å². The van der Waals surface area contributed by atoms with Crippen LogP contribution in [0.1, 0.15) is 13.3 Å². The SMILES string of the molecule is CC1NC(Nc2ccccc2)NC(=O)C1CC#N. The van der Waals surface area contributed by atoms with Crippen LogP contribution in [0.15, 0.2) is 30.3 Å². The van der Waals surface area contributed by atoms with Gasteiger partial charge in [0.15, 0.2) is 6.29 Å². The van der Waals surface area contributed by atoms with E-state index in [4.69, 9.17) is 5.26 Å². The van der Waals surface area contributed by atoms with Gasteiger partial charge < -0.3 is 10.6 Å². The predicted octanol–water partition coefficient (Wildman–Crippen LogP) is 1.02. The van der Waals surface area contributed by atoms with E-state index in [0.717, 1.165) is 5.69 Å². The molecule has 0 spiro atoms. The van der Waals surface area contributed by atoms with Crippen molar-refractivity contribution < 1.29 is 4.79 Å². The number of amides is 1. The molecule has 3 atom stereocenters. The Morgan fingerprint density at radius 3 is 2.72 bits per heavy atom. The van der Waals surface area contributed by atoms with E-state index in [1.807, 2.05) is 43.3 Å². The maximum atomic E-state index is 11.9. The lowest BCUT2D eigenvalue weighted by Crippen LogP contribution is -2.63. The smallest absolute Gasteiger partial charge is 0.228 e. The second kappa shape index (κ2) is 5.52. The number of benzene rings is 1. The van der Waals surface area contributed by atoms with Crippen LogP contribution in [0.3, 0.4) is 0 Å². The van der Waals surface area contributed by atoms with Gasteiger partial charge in [0.05, 0.1) is 12.0 Å². The average molecular weight is 244 g/mol. The Morgan fingerprint density at radius 1 is 1.39 bits per heavy atom. The second-order valence-corrected chi connectivity index (χ2v) is 4.38. The van der Waals surface area contributed by atoms with Crippen molar-refractivity contribution in [2.45, 2.75) is 25.7 Å². The molecule has 1 amide bonds. The second-order valence-electron chi connectivity index (χ2n) is 4.38. The maximum Gasteiger partial charge on any atom is 0.228 e. The Labute approximate surface area is 106 Å². The van der Waals surface area contributed by atoms with Crippen molar-refractivity contribution in [1.29, 1.82) is 5.26 Å². The number of hydrogen-bond donors (Lipinski definition) is 3. The lowest BCUT2D eigenvalue weighted by molar-refractivity contribution is -0.128. The summed E-state index contributed by atoms with van der Waals surface area (Å²) in [6.07, 6.45) is -0.0669. The Morgan fingerprint density at radius 2 is 2.11 bits per heavy atom. The fourth-order valence-corrected chi connectivity index (χ4v) is 2.04. The number of rotatable bonds is 3. The molecule has 0 saturated carbocycles. The number of carbonyl (C=O) groups excluding carboxylic acids is 1. The third-order valence-corrected chi connectivity index (χ3v) is 3.05. The molecule has 94 valence electrons. The highest BCUT2D eigenvalue weighted by molar-refractivity contribution is 5.81. The first-order valence-corrected chi connectivity index (χ1v) is 5.95. The molecule has 3 unspecified atom stereocenters. The molecule has 5 nitrogen and oxygen atoms in total. The number of nitrogens with zero attached hydrogens (tertiary/aromatic N) is 1. The first kappa shape index (κ1) is 12.4. The van der Waals surface area contributed by atoms with E-state index in [9.17, 15) is 4.79 Å². The molecule has 5 heteroatoms. The summed E-state index contributed by atoms with van der Waals surface area (Å²) in [6.45, 7) is 1.92. The van der Waals surface area contributed by atoms with Crippen molar-refractivity contribution in [3.05, 3.63) is 30.3 Å². The van der Waals surface area contributed by atoms with Crippen molar-refractivity contribution in [3.63, 3.8) is 0 Å². The normalized spacial score (nSPS) is 27.1. The zero-order chi connectivity index (χ0) is 13.0. The Balaban J connectivity index is 1.98. The summed E-state index contributed by atoms with van der Waals surface area (Å²) in [7, 11) is 0. The molecule has 0 aromatic heterocycles. The van der Waals surface area contributed by atoms with E-state index in [1.165, 1.54) is 0 Å². The monoisotopic (exact) mass is 244 g/mol. The van der Waals surface area contributed by atoms with Gasteiger partial charge in [0.1, 0.15) is 0 Å². The molecule has 0 bridgehead atoms. The van der Waals surface area contributed by atoms with Crippen LogP contribution >= 0.6 is 0 Å². The largest absolute Gasteiger partial charge is 0.353 e. The summed E-state index contributed by atoms with van der Waals surface area (Å²) < 4.78 is 0.